The maximum Gasteiger partial charge on any atom is 0.247 e. The zero-order valence-electron chi connectivity index (χ0n) is 23.2. The minimum Gasteiger partial charge on any atom is -0.493 e. The van der Waals surface area contributed by atoms with Crippen molar-refractivity contribution in [2.75, 3.05) is 34.5 Å². The summed E-state index contributed by atoms with van der Waals surface area (Å²) in [5.41, 5.74) is 1.92. The van der Waals surface area contributed by atoms with E-state index in [2.05, 4.69) is 15.6 Å². The molecule has 2 atom stereocenters. The van der Waals surface area contributed by atoms with Crippen molar-refractivity contribution in [3.63, 3.8) is 0 Å². The molecule has 0 spiro atoms. The lowest BCUT2D eigenvalue weighted by atomic mass is 10.0. The van der Waals surface area contributed by atoms with Gasteiger partial charge in [-0.15, -0.1) is 16.4 Å². The molecule has 2 aromatic carbocycles. The van der Waals surface area contributed by atoms with Crippen molar-refractivity contribution in [1.82, 2.24) is 25.2 Å². The van der Waals surface area contributed by atoms with Crippen LogP contribution in [0.2, 0.25) is 0 Å². The number of aromatic nitrogens is 3. The molecule has 1 fully saturated rings. The SMILES string of the molecule is COc1cc([C@H](C(=O)NC[C@@H]2CCCO2)N(Cc2cccs2)C(=O)Cn2nnc3ccccc32)cc(OC)c1OC. The number of rotatable bonds is 12. The predicted molar refractivity (Wildman–Crippen MR) is 153 cm³/mol. The third kappa shape index (κ3) is 6.28. The van der Waals surface area contributed by atoms with E-state index in [1.54, 1.807) is 21.7 Å². The number of hydrogen-bond donors (Lipinski definition) is 1. The quantitative estimate of drug-likeness (QED) is 0.271. The molecule has 4 aromatic rings. The molecule has 0 radical (unpaired) electrons. The summed E-state index contributed by atoms with van der Waals surface area (Å²) in [7, 11) is 4.54. The van der Waals surface area contributed by atoms with Crippen LogP contribution in [-0.4, -0.2) is 72.3 Å². The van der Waals surface area contributed by atoms with Gasteiger partial charge in [-0.1, -0.05) is 23.4 Å². The Morgan fingerprint density at radius 1 is 1.12 bits per heavy atom. The highest BCUT2D eigenvalue weighted by molar-refractivity contribution is 7.09. The van der Waals surface area contributed by atoms with Crippen LogP contribution in [0.15, 0.2) is 53.9 Å². The highest BCUT2D eigenvalue weighted by Gasteiger charge is 2.34. The van der Waals surface area contributed by atoms with Crippen LogP contribution in [0.1, 0.15) is 29.3 Å². The third-order valence-corrected chi connectivity index (χ3v) is 7.88. The smallest absolute Gasteiger partial charge is 0.247 e. The highest BCUT2D eigenvalue weighted by atomic mass is 32.1. The summed E-state index contributed by atoms with van der Waals surface area (Å²) in [5, 5.41) is 13.4. The summed E-state index contributed by atoms with van der Waals surface area (Å²) in [5.74, 6) is 0.500. The Balaban J connectivity index is 1.56. The molecule has 12 heteroatoms. The fraction of sp³-hybridized carbons (Fsp3) is 0.379. The molecule has 0 unspecified atom stereocenters. The summed E-state index contributed by atoms with van der Waals surface area (Å²) in [4.78, 5) is 30.7. The first kappa shape index (κ1) is 28.4. The van der Waals surface area contributed by atoms with E-state index in [-0.39, 0.29) is 31.0 Å². The number of amides is 2. The summed E-state index contributed by atoms with van der Waals surface area (Å²) in [6, 6.07) is 13.7. The molecule has 1 N–H and O–H groups in total. The molecular weight excluding hydrogens is 546 g/mol. The number of carbonyl (C=O) groups excluding carboxylic acids is 2. The van der Waals surface area contributed by atoms with Gasteiger partial charge < -0.3 is 29.2 Å². The number of methoxy groups -OCH3 is 3. The van der Waals surface area contributed by atoms with Gasteiger partial charge in [-0.2, -0.15) is 0 Å². The van der Waals surface area contributed by atoms with E-state index in [0.29, 0.717) is 41.5 Å². The van der Waals surface area contributed by atoms with Crippen molar-refractivity contribution in [2.24, 2.45) is 0 Å². The van der Waals surface area contributed by atoms with Gasteiger partial charge in [0.25, 0.3) is 0 Å². The second-order valence-corrected chi connectivity index (χ2v) is 10.6. The molecule has 1 saturated heterocycles. The maximum atomic E-state index is 14.1. The number of thiophene rings is 1. The molecule has 0 aliphatic carbocycles. The van der Waals surface area contributed by atoms with Crippen molar-refractivity contribution < 1.29 is 28.5 Å². The minimum absolute atomic E-state index is 0.0671. The van der Waals surface area contributed by atoms with Crippen LogP contribution in [-0.2, 0) is 27.4 Å². The molecular formula is C29H33N5O6S. The van der Waals surface area contributed by atoms with Gasteiger partial charge >= 0.3 is 0 Å². The molecule has 1 aliphatic heterocycles. The molecule has 0 saturated carbocycles. The van der Waals surface area contributed by atoms with E-state index in [9.17, 15) is 9.59 Å². The van der Waals surface area contributed by atoms with E-state index in [1.807, 2.05) is 41.8 Å². The first-order valence-corrected chi connectivity index (χ1v) is 14.2. The number of carbonyl (C=O) groups is 2. The summed E-state index contributed by atoms with van der Waals surface area (Å²) in [6.45, 7) is 1.11. The van der Waals surface area contributed by atoms with Gasteiger partial charge in [0.05, 0.1) is 39.5 Å². The van der Waals surface area contributed by atoms with Gasteiger partial charge in [-0.3, -0.25) is 9.59 Å². The maximum absolute atomic E-state index is 14.1. The number of benzene rings is 2. The van der Waals surface area contributed by atoms with E-state index in [1.165, 1.54) is 32.7 Å². The van der Waals surface area contributed by atoms with Gasteiger partial charge in [0.1, 0.15) is 18.1 Å². The fourth-order valence-corrected chi connectivity index (χ4v) is 5.70. The van der Waals surface area contributed by atoms with Crippen molar-refractivity contribution in [2.45, 2.75) is 38.1 Å². The monoisotopic (exact) mass is 579 g/mol. The topological polar surface area (TPSA) is 117 Å². The zero-order chi connectivity index (χ0) is 28.8. The Morgan fingerprint density at radius 2 is 1.90 bits per heavy atom. The Bertz CT molecular complexity index is 1460. The van der Waals surface area contributed by atoms with Crippen LogP contribution in [0.25, 0.3) is 11.0 Å². The van der Waals surface area contributed by atoms with Gasteiger partial charge in [-0.25, -0.2) is 4.68 Å². The molecule has 1 aliphatic rings. The Morgan fingerprint density at radius 3 is 2.56 bits per heavy atom. The van der Waals surface area contributed by atoms with Crippen LogP contribution in [0.4, 0.5) is 0 Å². The number of hydrogen-bond acceptors (Lipinski definition) is 9. The van der Waals surface area contributed by atoms with Crippen LogP contribution in [0.3, 0.4) is 0 Å². The van der Waals surface area contributed by atoms with Gasteiger partial charge in [0.2, 0.25) is 17.6 Å². The first-order chi connectivity index (χ1) is 20.0. The number of para-hydroxylation sites is 1. The Labute approximate surface area is 241 Å². The molecule has 2 aromatic heterocycles. The second kappa shape index (κ2) is 13.0. The van der Waals surface area contributed by atoms with Crippen molar-refractivity contribution in [3.8, 4) is 17.2 Å². The number of nitrogens with zero attached hydrogens (tertiary/aromatic N) is 4. The molecule has 5 rings (SSSR count). The number of ether oxygens (including phenoxy) is 4. The van der Waals surface area contributed by atoms with Gasteiger partial charge in [0, 0.05) is 18.0 Å². The summed E-state index contributed by atoms with van der Waals surface area (Å²) >= 11 is 1.51. The van der Waals surface area contributed by atoms with E-state index >= 15 is 0 Å². The number of fused-ring (bicyclic) bond motifs is 1. The fourth-order valence-electron chi connectivity index (χ4n) is 5.00. The van der Waals surface area contributed by atoms with E-state index in [4.69, 9.17) is 18.9 Å². The van der Waals surface area contributed by atoms with Crippen molar-refractivity contribution >= 4 is 34.2 Å². The third-order valence-electron chi connectivity index (χ3n) is 7.02. The van der Waals surface area contributed by atoms with Gasteiger partial charge in [0.15, 0.2) is 11.5 Å². The molecule has 3 heterocycles. The van der Waals surface area contributed by atoms with E-state index < -0.39 is 6.04 Å². The zero-order valence-corrected chi connectivity index (χ0v) is 24.1. The minimum atomic E-state index is -1.02. The molecule has 0 bridgehead atoms. The lowest BCUT2D eigenvalue weighted by molar-refractivity contribution is -0.142. The molecule has 2 amide bonds. The molecule has 41 heavy (non-hydrogen) atoms. The van der Waals surface area contributed by atoms with E-state index in [0.717, 1.165) is 23.2 Å². The average molecular weight is 580 g/mol. The van der Waals surface area contributed by atoms with Crippen molar-refractivity contribution in [1.29, 1.82) is 0 Å². The van der Waals surface area contributed by atoms with Crippen LogP contribution in [0, 0.1) is 0 Å². The summed E-state index contributed by atoms with van der Waals surface area (Å²) < 4.78 is 24.0. The highest BCUT2D eigenvalue weighted by Crippen LogP contribution is 2.41. The largest absolute Gasteiger partial charge is 0.493 e. The predicted octanol–water partition coefficient (Wildman–Crippen LogP) is 3.58. The van der Waals surface area contributed by atoms with Crippen molar-refractivity contribution in [3.05, 3.63) is 64.4 Å². The summed E-state index contributed by atoms with van der Waals surface area (Å²) in [6.07, 6.45) is 1.75. The van der Waals surface area contributed by atoms with Crippen LogP contribution >= 0.6 is 11.3 Å². The van der Waals surface area contributed by atoms with Gasteiger partial charge in [-0.05, 0) is 54.1 Å². The molecule has 11 nitrogen and oxygen atoms in total. The molecule has 216 valence electrons. The average Bonchev–Trinajstić information content (AvgIpc) is 3.78. The second-order valence-electron chi connectivity index (χ2n) is 9.58. The lowest BCUT2D eigenvalue weighted by Crippen LogP contribution is -2.46. The van der Waals surface area contributed by atoms with Crippen LogP contribution in [0.5, 0.6) is 17.2 Å². The Kier molecular flexibility index (Phi) is 9.00. The number of nitrogens with one attached hydrogen (secondary N) is 1. The Hall–Kier alpha value is -4.16. The normalized spacial score (nSPS) is 15.4. The van der Waals surface area contributed by atoms with Crippen LogP contribution < -0.4 is 19.5 Å². The standard InChI is InChI=1S/C29H33N5O6S/c1-37-24-14-19(15-25(38-2)28(24)39-3)27(29(36)30-16-20-8-6-12-40-20)33(17-21-9-7-13-41-21)26(35)18-34-23-11-5-4-10-22(23)31-32-34/h4-5,7,9-11,13-15,20,27H,6,8,12,16-18H2,1-3H3,(H,30,36)/t20-,27+/m0/s1. The first-order valence-electron chi connectivity index (χ1n) is 13.3. The lowest BCUT2D eigenvalue weighted by Gasteiger charge is -2.32.